The van der Waals surface area contributed by atoms with Gasteiger partial charge in [0, 0.05) is 31.1 Å². The molecule has 2 heterocycles. The Morgan fingerprint density at radius 1 is 0.737 bits per heavy atom. The largest absolute Gasteiger partial charge is 0.228 e. The van der Waals surface area contributed by atoms with Crippen LogP contribution in [0, 0.1) is 0 Å². The summed E-state index contributed by atoms with van der Waals surface area (Å²) < 4.78 is 2.52. The number of rotatable bonds is 3. The average molecular weight is 505 g/mol. The molecule has 0 radical (unpaired) electrons. The van der Waals surface area contributed by atoms with Crippen molar-refractivity contribution < 1.29 is 0 Å². The van der Waals surface area contributed by atoms with Gasteiger partial charge in [-0.2, -0.15) is 0 Å². The lowest BCUT2D eigenvalue weighted by Crippen LogP contribution is -2.17. The summed E-state index contributed by atoms with van der Waals surface area (Å²) in [6.45, 7) is 6.05. The van der Waals surface area contributed by atoms with Crippen molar-refractivity contribution in [2.45, 2.75) is 6.92 Å². The summed E-state index contributed by atoms with van der Waals surface area (Å²) in [5, 5.41) is 8.46. The third-order valence-electron chi connectivity index (χ3n) is 7.19. The number of benzene rings is 5. The summed E-state index contributed by atoms with van der Waals surface area (Å²) in [6.07, 6.45) is 6.20. The Kier molecular flexibility index (Phi) is 5.38. The molecule has 180 valence electrons. The quantitative estimate of drug-likeness (QED) is 0.226. The molecule has 0 fully saturated rings. The van der Waals surface area contributed by atoms with Crippen molar-refractivity contribution in [3.63, 3.8) is 0 Å². The molecule has 7 aromatic rings. The number of nitrogens with zero attached hydrogens (tertiary/aromatic N) is 2. The number of thiophene rings is 1. The Balaban J connectivity index is 1.62. The van der Waals surface area contributed by atoms with Gasteiger partial charge in [0.25, 0.3) is 0 Å². The smallest absolute Gasteiger partial charge is 0.161 e. The summed E-state index contributed by atoms with van der Waals surface area (Å²) >= 11 is 1.82. The molecule has 5 aromatic carbocycles. The first-order valence-electron chi connectivity index (χ1n) is 12.8. The van der Waals surface area contributed by atoms with Gasteiger partial charge in [-0.3, -0.25) is 0 Å². The molecule has 0 spiro atoms. The molecular weight excluding hydrogens is 480 g/mol. The van der Waals surface area contributed by atoms with Crippen LogP contribution in [0.4, 0.5) is 0 Å². The summed E-state index contributed by atoms with van der Waals surface area (Å²) in [5.74, 6) is 0.744. The first-order chi connectivity index (χ1) is 18.8. The number of hydrogen-bond acceptors (Lipinski definition) is 3. The molecule has 0 aliphatic heterocycles. The minimum atomic E-state index is 0.744. The van der Waals surface area contributed by atoms with E-state index in [-0.39, 0.29) is 0 Å². The zero-order valence-electron chi connectivity index (χ0n) is 21.0. The number of para-hydroxylation sites is 1. The summed E-state index contributed by atoms with van der Waals surface area (Å²) in [4.78, 5) is 10.3. The van der Waals surface area contributed by atoms with Crippen LogP contribution in [0.1, 0.15) is 6.92 Å². The molecule has 3 heteroatoms. The van der Waals surface area contributed by atoms with Gasteiger partial charge in [0.05, 0.1) is 11.2 Å². The highest BCUT2D eigenvalue weighted by atomic mass is 32.1. The predicted molar refractivity (Wildman–Crippen MR) is 165 cm³/mol. The van der Waals surface area contributed by atoms with Crippen LogP contribution >= 0.6 is 11.3 Å². The highest BCUT2D eigenvalue weighted by molar-refractivity contribution is 7.17. The molecule has 0 aliphatic carbocycles. The Morgan fingerprint density at radius 3 is 2.26 bits per heavy atom. The fraction of sp³-hybridized carbons (Fsp3) is 0.0286. The van der Waals surface area contributed by atoms with Crippen molar-refractivity contribution in [2.24, 2.45) is 0 Å². The molecule has 0 amide bonds. The van der Waals surface area contributed by atoms with E-state index in [0.717, 1.165) is 38.9 Å². The second-order valence-corrected chi connectivity index (χ2v) is 10.4. The maximum absolute atomic E-state index is 5.19. The van der Waals surface area contributed by atoms with Crippen molar-refractivity contribution in [1.29, 1.82) is 0 Å². The molecule has 38 heavy (non-hydrogen) atoms. The maximum Gasteiger partial charge on any atom is 0.161 e. The van der Waals surface area contributed by atoms with Gasteiger partial charge in [-0.1, -0.05) is 97.6 Å². The number of fused-ring (bicyclic) bond motifs is 6. The molecular formula is C35H24N2S. The van der Waals surface area contributed by atoms with E-state index in [1.807, 2.05) is 29.5 Å². The first-order valence-corrected chi connectivity index (χ1v) is 13.6. The zero-order valence-corrected chi connectivity index (χ0v) is 21.8. The van der Waals surface area contributed by atoms with Gasteiger partial charge in [0.15, 0.2) is 5.82 Å². The zero-order chi connectivity index (χ0) is 25.6. The van der Waals surface area contributed by atoms with E-state index < -0.39 is 0 Å². The third-order valence-corrected chi connectivity index (χ3v) is 8.33. The Bertz CT molecular complexity index is 2150. The van der Waals surface area contributed by atoms with Crippen LogP contribution in [-0.4, -0.2) is 9.97 Å². The van der Waals surface area contributed by atoms with Gasteiger partial charge in [0.1, 0.15) is 0 Å². The lowest BCUT2D eigenvalue weighted by Gasteiger charge is -2.13. The van der Waals surface area contributed by atoms with E-state index in [1.165, 1.54) is 36.0 Å². The van der Waals surface area contributed by atoms with Crippen LogP contribution in [0.25, 0.3) is 77.3 Å². The minimum Gasteiger partial charge on any atom is -0.228 e. The van der Waals surface area contributed by atoms with Gasteiger partial charge >= 0.3 is 0 Å². The van der Waals surface area contributed by atoms with E-state index in [2.05, 4.69) is 111 Å². The lowest BCUT2D eigenvalue weighted by molar-refractivity contribution is 1.24. The maximum atomic E-state index is 5.19. The lowest BCUT2D eigenvalue weighted by atomic mass is 9.94. The Morgan fingerprint density at radius 2 is 1.47 bits per heavy atom. The topological polar surface area (TPSA) is 25.8 Å². The van der Waals surface area contributed by atoms with Crippen LogP contribution in [0.2, 0.25) is 0 Å². The van der Waals surface area contributed by atoms with Crippen molar-refractivity contribution in [2.75, 3.05) is 0 Å². The minimum absolute atomic E-state index is 0.744. The Labute approximate surface area is 224 Å². The second-order valence-electron chi connectivity index (χ2n) is 9.36. The molecule has 0 unspecified atom stereocenters. The van der Waals surface area contributed by atoms with Gasteiger partial charge < -0.3 is 0 Å². The summed E-state index contributed by atoms with van der Waals surface area (Å²) in [7, 11) is 0. The monoisotopic (exact) mass is 504 g/mol. The molecule has 2 nitrogen and oxygen atoms in total. The first kappa shape index (κ1) is 22.6. The number of aromatic nitrogens is 2. The number of allylic oxidation sites excluding steroid dienone is 1. The summed E-state index contributed by atoms with van der Waals surface area (Å²) in [5.41, 5.74) is 4.04. The van der Waals surface area contributed by atoms with Gasteiger partial charge in [-0.15, -0.1) is 11.3 Å². The highest BCUT2D eigenvalue weighted by Gasteiger charge is 2.17. The molecule has 7 rings (SSSR count). The van der Waals surface area contributed by atoms with E-state index in [9.17, 15) is 0 Å². The van der Waals surface area contributed by atoms with E-state index in [1.54, 1.807) is 0 Å². The van der Waals surface area contributed by atoms with Crippen molar-refractivity contribution in [3.05, 3.63) is 119 Å². The van der Waals surface area contributed by atoms with Crippen molar-refractivity contribution in [3.8, 4) is 22.6 Å². The molecule has 0 saturated heterocycles. The van der Waals surface area contributed by atoms with Gasteiger partial charge in [0.2, 0.25) is 0 Å². The van der Waals surface area contributed by atoms with Crippen LogP contribution in [0.5, 0.6) is 0 Å². The Hall–Kier alpha value is -4.60. The van der Waals surface area contributed by atoms with E-state index in [4.69, 9.17) is 9.97 Å². The highest BCUT2D eigenvalue weighted by Crippen LogP contribution is 2.38. The number of hydrogen-bond donors (Lipinski definition) is 0. The van der Waals surface area contributed by atoms with Crippen LogP contribution in [0.3, 0.4) is 0 Å². The normalized spacial score (nSPS) is 12.8. The van der Waals surface area contributed by atoms with Crippen molar-refractivity contribution in [1.82, 2.24) is 9.97 Å². The molecule has 0 aliphatic rings. The molecule has 0 atom stereocenters. The standard InChI is InChI=1S/C35H24N2S/c1-3-12-30-24(4-2)33-31(38-30)20-19-23-21-28(25-15-8-9-16-26(25)32(23)33)35-36-29-18-11-10-17-27(29)34(37-35)22-13-6-5-7-14-22/h3-21H,1H2,2H3/b24-4+,30-12+. The SMILES string of the molecule is C=C/C=c1/sc2ccc3cc(-c4nc(-c5ccccc5)c5ccccc5n4)c4ccccc4c3c2/c1=C/C. The fourth-order valence-electron chi connectivity index (χ4n) is 5.54. The van der Waals surface area contributed by atoms with Crippen LogP contribution in [0.15, 0.2) is 110 Å². The second kappa shape index (κ2) is 9.05. The third kappa shape index (κ3) is 3.47. The summed E-state index contributed by atoms with van der Waals surface area (Å²) in [6, 6.07) is 34.1. The van der Waals surface area contributed by atoms with Gasteiger partial charge in [-0.05, 0) is 58.0 Å². The molecule has 0 N–H and O–H groups in total. The molecule has 0 bridgehead atoms. The van der Waals surface area contributed by atoms with Crippen LogP contribution in [-0.2, 0) is 0 Å². The fourth-order valence-corrected chi connectivity index (χ4v) is 6.73. The van der Waals surface area contributed by atoms with Gasteiger partial charge in [-0.25, -0.2) is 9.97 Å². The van der Waals surface area contributed by atoms with E-state index in [0.29, 0.717) is 0 Å². The molecule has 0 saturated carbocycles. The van der Waals surface area contributed by atoms with Crippen LogP contribution < -0.4 is 9.75 Å². The van der Waals surface area contributed by atoms with Crippen molar-refractivity contribution >= 4 is 66.0 Å². The van der Waals surface area contributed by atoms with E-state index >= 15 is 0 Å². The average Bonchev–Trinajstić information content (AvgIpc) is 3.34. The predicted octanol–water partition coefficient (Wildman–Crippen LogP) is 8.25. The molecule has 2 aromatic heterocycles.